The van der Waals surface area contributed by atoms with E-state index in [2.05, 4.69) is 48.2 Å². The van der Waals surface area contributed by atoms with Gasteiger partial charge in [-0.3, -0.25) is 4.68 Å². The first kappa shape index (κ1) is 13.6. The molecule has 0 bridgehead atoms. The summed E-state index contributed by atoms with van der Waals surface area (Å²) in [6.45, 7) is 4.22. The van der Waals surface area contributed by atoms with E-state index in [-0.39, 0.29) is 0 Å². The van der Waals surface area contributed by atoms with Crippen LogP contribution in [-0.4, -0.2) is 23.4 Å². The van der Waals surface area contributed by atoms with Gasteiger partial charge in [-0.1, -0.05) is 31.0 Å². The molecule has 3 rings (SSSR count). The molecule has 1 aromatic carbocycles. The second-order valence-corrected chi connectivity index (χ2v) is 6.19. The average molecular weight is 271 g/mol. The Kier molecular flexibility index (Phi) is 3.79. The molecule has 0 saturated heterocycles. The summed E-state index contributed by atoms with van der Waals surface area (Å²) in [5.41, 5.74) is 2.99. The van der Waals surface area contributed by atoms with Gasteiger partial charge < -0.3 is 5.32 Å². The predicted molar refractivity (Wildman–Crippen MR) is 83.9 cm³/mol. The third kappa shape index (κ3) is 2.35. The molecular formula is C17H25N3. The molecule has 1 heterocycles. The molecule has 3 heteroatoms. The lowest BCUT2D eigenvalue weighted by molar-refractivity contribution is 0.283. The van der Waals surface area contributed by atoms with Gasteiger partial charge in [0, 0.05) is 18.5 Å². The van der Waals surface area contributed by atoms with Crippen molar-refractivity contribution in [3.63, 3.8) is 0 Å². The number of rotatable bonds is 5. The van der Waals surface area contributed by atoms with Gasteiger partial charge in [0.15, 0.2) is 0 Å². The number of aromatic nitrogens is 2. The standard InChI is InChI=1S/C17H25N3/c1-3-20-16-9-5-4-8-14(16)15(19-20)12-17(13-18-2)10-6-7-11-17/h4-5,8-9,18H,3,6-7,10-13H2,1-2H3. The Bertz CT molecular complexity index is 579. The van der Waals surface area contributed by atoms with Gasteiger partial charge in [0.05, 0.1) is 11.2 Å². The van der Waals surface area contributed by atoms with E-state index in [4.69, 9.17) is 5.10 Å². The number of hydrogen-bond donors (Lipinski definition) is 1. The van der Waals surface area contributed by atoms with Crippen LogP contribution in [0.5, 0.6) is 0 Å². The van der Waals surface area contributed by atoms with Crippen LogP contribution in [-0.2, 0) is 13.0 Å². The molecule has 2 aromatic rings. The summed E-state index contributed by atoms with van der Waals surface area (Å²) in [5.74, 6) is 0. The highest BCUT2D eigenvalue weighted by atomic mass is 15.3. The van der Waals surface area contributed by atoms with E-state index in [9.17, 15) is 0 Å². The van der Waals surface area contributed by atoms with Crippen LogP contribution < -0.4 is 5.32 Å². The number of nitrogens with one attached hydrogen (secondary N) is 1. The van der Waals surface area contributed by atoms with E-state index in [0.717, 1.165) is 19.5 Å². The Morgan fingerprint density at radius 2 is 2.00 bits per heavy atom. The molecule has 0 amide bonds. The monoisotopic (exact) mass is 271 g/mol. The molecule has 0 aliphatic heterocycles. The van der Waals surface area contributed by atoms with E-state index in [1.807, 2.05) is 0 Å². The van der Waals surface area contributed by atoms with Crippen molar-refractivity contribution in [3.05, 3.63) is 30.0 Å². The molecule has 1 aliphatic carbocycles. The number of fused-ring (bicyclic) bond motifs is 1. The van der Waals surface area contributed by atoms with Crippen molar-refractivity contribution in [2.75, 3.05) is 13.6 Å². The maximum absolute atomic E-state index is 4.89. The zero-order chi connectivity index (χ0) is 14.0. The van der Waals surface area contributed by atoms with Crippen LogP contribution in [0.1, 0.15) is 38.3 Å². The number of aryl methyl sites for hydroxylation is 1. The molecule has 1 saturated carbocycles. The molecule has 1 aliphatic rings. The lowest BCUT2D eigenvalue weighted by atomic mass is 9.81. The molecule has 0 atom stereocenters. The summed E-state index contributed by atoms with van der Waals surface area (Å²) >= 11 is 0. The summed E-state index contributed by atoms with van der Waals surface area (Å²) in [7, 11) is 2.07. The maximum atomic E-state index is 4.89. The Balaban J connectivity index is 1.97. The molecule has 20 heavy (non-hydrogen) atoms. The fourth-order valence-corrected chi connectivity index (χ4v) is 3.84. The third-order valence-corrected chi connectivity index (χ3v) is 4.79. The second-order valence-electron chi connectivity index (χ2n) is 6.19. The van der Waals surface area contributed by atoms with Gasteiger partial charge in [0.2, 0.25) is 0 Å². The summed E-state index contributed by atoms with van der Waals surface area (Å²) in [6.07, 6.45) is 6.52. The number of hydrogen-bond acceptors (Lipinski definition) is 2. The zero-order valence-electron chi connectivity index (χ0n) is 12.7. The van der Waals surface area contributed by atoms with Gasteiger partial charge in [-0.25, -0.2) is 0 Å². The first-order valence-corrected chi connectivity index (χ1v) is 7.87. The molecule has 1 fully saturated rings. The summed E-state index contributed by atoms with van der Waals surface area (Å²) in [4.78, 5) is 0. The Hall–Kier alpha value is -1.35. The van der Waals surface area contributed by atoms with Crippen LogP contribution in [0.15, 0.2) is 24.3 Å². The van der Waals surface area contributed by atoms with E-state index in [0.29, 0.717) is 5.41 Å². The quantitative estimate of drug-likeness (QED) is 0.903. The molecule has 0 spiro atoms. The largest absolute Gasteiger partial charge is 0.319 e. The normalized spacial score (nSPS) is 17.9. The van der Waals surface area contributed by atoms with Crippen molar-refractivity contribution < 1.29 is 0 Å². The van der Waals surface area contributed by atoms with Gasteiger partial charge >= 0.3 is 0 Å². The predicted octanol–water partition coefficient (Wildman–Crippen LogP) is 3.38. The van der Waals surface area contributed by atoms with Gasteiger partial charge in [0.25, 0.3) is 0 Å². The SMILES string of the molecule is CCn1nc(CC2(CNC)CCCC2)c2ccccc21. The van der Waals surface area contributed by atoms with Crippen LogP contribution in [0.25, 0.3) is 10.9 Å². The van der Waals surface area contributed by atoms with E-state index < -0.39 is 0 Å². The molecular weight excluding hydrogens is 246 g/mol. The first-order valence-electron chi connectivity index (χ1n) is 7.87. The topological polar surface area (TPSA) is 29.9 Å². The lowest BCUT2D eigenvalue weighted by Gasteiger charge is -2.28. The second kappa shape index (κ2) is 5.57. The summed E-state index contributed by atoms with van der Waals surface area (Å²) < 4.78 is 2.15. The van der Waals surface area contributed by atoms with Crippen molar-refractivity contribution >= 4 is 10.9 Å². The van der Waals surface area contributed by atoms with Crippen molar-refractivity contribution in [1.29, 1.82) is 0 Å². The number of nitrogens with zero attached hydrogens (tertiary/aromatic N) is 2. The van der Waals surface area contributed by atoms with Crippen molar-refractivity contribution in [3.8, 4) is 0 Å². The fraction of sp³-hybridized carbons (Fsp3) is 0.588. The van der Waals surface area contributed by atoms with Gasteiger partial charge in [-0.15, -0.1) is 0 Å². The Morgan fingerprint density at radius 1 is 1.25 bits per heavy atom. The highest BCUT2D eigenvalue weighted by Crippen LogP contribution is 2.41. The first-order chi connectivity index (χ1) is 9.78. The van der Waals surface area contributed by atoms with E-state index in [1.165, 1.54) is 42.3 Å². The van der Waals surface area contributed by atoms with E-state index >= 15 is 0 Å². The summed E-state index contributed by atoms with van der Waals surface area (Å²) in [5, 5.41) is 9.64. The molecule has 1 N–H and O–H groups in total. The third-order valence-electron chi connectivity index (χ3n) is 4.79. The molecule has 3 nitrogen and oxygen atoms in total. The van der Waals surface area contributed by atoms with Gasteiger partial charge in [0.1, 0.15) is 0 Å². The Morgan fingerprint density at radius 3 is 2.70 bits per heavy atom. The highest BCUT2D eigenvalue weighted by molar-refractivity contribution is 5.82. The van der Waals surface area contributed by atoms with Crippen LogP contribution in [0, 0.1) is 5.41 Å². The summed E-state index contributed by atoms with van der Waals surface area (Å²) in [6, 6.07) is 8.66. The molecule has 0 unspecified atom stereocenters. The van der Waals surface area contributed by atoms with Crippen LogP contribution in [0.4, 0.5) is 0 Å². The molecule has 108 valence electrons. The average Bonchev–Trinajstić information content (AvgIpc) is 3.06. The smallest absolute Gasteiger partial charge is 0.0709 e. The van der Waals surface area contributed by atoms with Crippen LogP contribution in [0.2, 0.25) is 0 Å². The fourth-order valence-electron chi connectivity index (χ4n) is 3.84. The van der Waals surface area contributed by atoms with E-state index in [1.54, 1.807) is 0 Å². The highest BCUT2D eigenvalue weighted by Gasteiger charge is 2.34. The van der Waals surface area contributed by atoms with Crippen molar-refractivity contribution in [2.45, 2.75) is 45.6 Å². The van der Waals surface area contributed by atoms with Gasteiger partial charge in [-0.05, 0) is 44.7 Å². The van der Waals surface area contributed by atoms with Crippen LogP contribution in [0.3, 0.4) is 0 Å². The maximum Gasteiger partial charge on any atom is 0.0709 e. The number of para-hydroxylation sites is 1. The molecule has 0 radical (unpaired) electrons. The van der Waals surface area contributed by atoms with Crippen molar-refractivity contribution in [2.24, 2.45) is 5.41 Å². The molecule has 1 aromatic heterocycles. The van der Waals surface area contributed by atoms with Crippen molar-refractivity contribution in [1.82, 2.24) is 15.1 Å². The zero-order valence-corrected chi connectivity index (χ0v) is 12.7. The Labute approximate surface area is 121 Å². The minimum absolute atomic E-state index is 0.421. The van der Waals surface area contributed by atoms with Gasteiger partial charge in [-0.2, -0.15) is 5.10 Å². The lowest BCUT2D eigenvalue weighted by Crippen LogP contribution is -2.32. The minimum atomic E-state index is 0.421. The van der Waals surface area contributed by atoms with Crippen LogP contribution >= 0.6 is 0 Å². The minimum Gasteiger partial charge on any atom is -0.319 e. The number of benzene rings is 1.